The summed E-state index contributed by atoms with van der Waals surface area (Å²) in [5, 5.41) is 11.6. The second-order valence-electron chi connectivity index (χ2n) is 9.06. The van der Waals surface area contributed by atoms with E-state index < -0.39 is 12.1 Å². The Morgan fingerprint density at radius 3 is 2.20 bits per heavy atom. The second-order valence-corrected chi connectivity index (χ2v) is 9.06. The van der Waals surface area contributed by atoms with Gasteiger partial charge in [0.2, 0.25) is 5.91 Å². The minimum atomic E-state index is -0.992. The van der Waals surface area contributed by atoms with Gasteiger partial charge in [-0.1, -0.05) is 55.5 Å². The quantitative estimate of drug-likeness (QED) is 0.566. The third kappa shape index (κ3) is 6.00. The lowest BCUT2D eigenvalue weighted by atomic mass is 9.98. The van der Waals surface area contributed by atoms with Gasteiger partial charge in [-0.2, -0.15) is 0 Å². The first-order valence-corrected chi connectivity index (χ1v) is 12.2. The van der Waals surface area contributed by atoms with Gasteiger partial charge < -0.3 is 24.8 Å². The number of carboxylic acid groups (broad SMARTS) is 1. The third-order valence-corrected chi connectivity index (χ3v) is 6.82. The summed E-state index contributed by atoms with van der Waals surface area (Å²) in [6, 6.07) is 16.0. The maximum atomic E-state index is 12.8. The molecule has 186 valence electrons. The van der Waals surface area contributed by atoms with Crippen LogP contribution in [0.15, 0.2) is 48.5 Å². The lowest BCUT2D eigenvalue weighted by Crippen LogP contribution is -2.45. The van der Waals surface area contributed by atoms with Crippen LogP contribution < -0.4 is 5.32 Å². The number of piperidine rings is 1. The van der Waals surface area contributed by atoms with Crippen molar-refractivity contribution in [3.8, 4) is 11.1 Å². The highest BCUT2D eigenvalue weighted by Gasteiger charge is 2.30. The number of carbonyl (C=O) groups excluding carboxylic acids is 2. The number of alkyl carbamates (subject to hydrolysis) is 1. The first-order chi connectivity index (χ1) is 17.0. The van der Waals surface area contributed by atoms with E-state index in [1.807, 2.05) is 31.2 Å². The van der Waals surface area contributed by atoms with Gasteiger partial charge in [-0.3, -0.25) is 4.79 Å². The van der Waals surface area contributed by atoms with Crippen molar-refractivity contribution in [3.63, 3.8) is 0 Å². The number of carbonyl (C=O) groups is 3. The molecule has 8 nitrogen and oxygen atoms in total. The summed E-state index contributed by atoms with van der Waals surface area (Å²) in [6.07, 6.45) is 1.35. The van der Waals surface area contributed by atoms with E-state index in [2.05, 4.69) is 29.6 Å². The molecular weight excluding hydrogens is 448 g/mol. The number of amides is 2. The van der Waals surface area contributed by atoms with E-state index in [0.29, 0.717) is 32.4 Å². The number of nitrogens with one attached hydrogen (secondary N) is 1. The number of nitrogens with zero attached hydrogens (tertiary/aromatic N) is 1. The molecular formula is C27H32N2O6. The molecule has 2 aromatic carbocycles. The molecule has 2 aliphatic rings. The van der Waals surface area contributed by atoms with E-state index in [1.165, 1.54) is 11.1 Å². The van der Waals surface area contributed by atoms with Gasteiger partial charge in [0.05, 0.1) is 6.10 Å². The summed E-state index contributed by atoms with van der Waals surface area (Å²) in [5.41, 5.74) is 4.65. The van der Waals surface area contributed by atoms with Gasteiger partial charge in [0.1, 0.15) is 13.2 Å². The molecule has 4 rings (SSSR count). The molecule has 0 aromatic heterocycles. The van der Waals surface area contributed by atoms with Crippen molar-refractivity contribution in [2.24, 2.45) is 0 Å². The van der Waals surface area contributed by atoms with Crippen molar-refractivity contribution in [2.45, 2.75) is 50.7 Å². The van der Waals surface area contributed by atoms with Crippen molar-refractivity contribution >= 4 is 18.0 Å². The van der Waals surface area contributed by atoms with Crippen molar-refractivity contribution in [1.82, 2.24) is 10.2 Å². The molecule has 1 heterocycles. The Bertz CT molecular complexity index is 1020. The van der Waals surface area contributed by atoms with Crippen LogP contribution in [0.2, 0.25) is 0 Å². The van der Waals surface area contributed by atoms with Gasteiger partial charge in [0.25, 0.3) is 0 Å². The molecule has 1 aliphatic carbocycles. The van der Waals surface area contributed by atoms with E-state index in [0.717, 1.165) is 11.1 Å². The number of carboxylic acids is 1. The van der Waals surface area contributed by atoms with E-state index in [9.17, 15) is 14.4 Å². The van der Waals surface area contributed by atoms with Gasteiger partial charge >= 0.3 is 12.1 Å². The van der Waals surface area contributed by atoms with Crippen LogP contribution in [0.25, 0.3) is 11.1 Å². The van der Waals surface area contributed by atoms with Crippen LogP contribution in [0.4, 0.5) is 4.79 Å². The Kier molecular flexibility index (Phi) is 8.02. The zero-order chi connectivity index (χ0) is 24.8. The summed E-state index contributed by atoms with van der Waals surface area (Å²) in [7, 11) is 0. The summed E-state index contributed by atoms with van der Waals surface area (Å²) >= 11 is 0. The van der Waals surface area contributed by atoms with Crippen molar-refractivity contribution in [2.75, 3.05) is 26.3 Å². The summed E-state index contributed by atoms with van der Waals surface area (Å²) in [5.74, 6) is -1.04. The smallest absolute Gasteiger partial charge is 0.407 e. The maximum absolute atomic E-state index is 12.8. The molecule has 2 aromatic rings. The van der Waals surface area contributed by atoms with Gasteiger partial charge in [-0.15, -0.1) is 0 Å². The Morgan fingerprint density at radius 2 is 1.63 bits per heavy atom. The first kappa shape index (κ1) is 24.7. The monoisotopic (exact) mass is 480 g/mol. The SMILES string of the molecule is CC[C@H](CC(=O)N1CCC(OCC(=O)O)CC1)NC(=O)OCC1c2ccccc2-c2ccccc21. The van der Waals surface area contributed by atoms with Crippen molar-refractivity contribution in [1.29, 1.82) is 0 Å². The average molecular weight is 481 g/mol. The Hall–Kier alpha value is -3.39. The fraction of sp³-hybridized carbons (Fsp3) is 0.444. The standard InChI is InChI=1S/C27H32N2O6/c1-2-18(15-25(30)29-13-11-19(12-14-29)34-17-26(31)32)28-27(33)35-16-24-22-9-5-3-7-20(22)21-8-4-6-10-23(21)24/h3-10,18-19,24H,2,11-17H2,1H3,(H,28,33)(H,31,32)/t18-/m1/s1. The molecule has 1 atom stereocenters. The minimum Gasteiger partial charge on any atom is -0.480 e. The van der Waals surface area contributed by atoms with Gasteiger partial charge in [-0.25, -0.2) is 9.59 Å². The summed E-state index contributed by atoms with van der Waals surface area (Å²) < 4.78 is 10.9. The number of hydrogen-bond donors (Lipinski definition) is 2. The second kappa shape index (κ2) is 11.4. The zero-order valence-electron chi connectivity index (χ0n) is 19.9. The van der Waals surface area contributed by atoms with E-state index in [4.69, 9.17) is 14.6 Å². The topological polar surface area (TPSA) is 105 Å². The number of aliphatic carboxylic acids is 1. The molecule has 0 unspecified atom stereocenters. The Labute approximate surface area is 205 Å². The van der Waals surface area contributed by atoms with E-state index in [1.54, 1.807) is 4.90 Å². The van der Waals surface area contributed by atoms with Crippen molar-refractivity contribution < 1.29 is 29.0 Å². The summed E-state index contributed by atoms with van der Waals surface area (Å²) in [4.78, 5) is 37.8. The number of ether oxygens (including phenoxy) is 2. The lowest BCUT2D eigenvalue weighted by molar-refractivity contribution is -0.147. The molecule has 35 heavy (non-hydrogen) atoms. The molecule has 1 aliphatic heterocycles. The maximum Gasteiger partial charge on any atom is 0.407 e. The highest BCUT2D eigenvalue weighted by atomic mass is 16.5. The summed E-state index contributed by atoms with van der Waals surface area (Å²) in [6.45, 7) is 2.87. The van der Waals surface area contributed by atoms with Crippen molar-refractivity contribution in [3.05, 3.63) is 59.7 Å². The van der Waals surface area contributed by atoms with Crippen LogP contribution in [-0.2, 0) is 19.1 Å². The first-order valence-electron chi connectivity index (χ1n) is 12.2. The Morgan fingerprint density at radius 1 is 1.03 bits per heavy atom. The lowest BCUT2D eigenvalue weighted by Gasteiger charge is -2.32. The van der Waals surface area contributed by atoms with Crippen LogP contribution in [0.1, 0.15) is 49.7 Å². The molecule has 0 radical (unpaired) electrons. The minimum absolute atomic E-state index is 0.0144. The molecule has 0 bridgehead atoms. The molecule has 1 saturated heterocycles. The molecule has 0 saturated carbocycles. The highest BCUT2D eigenvalue weighted by molar-refractivity contribution is 5.79. The van der Waals surface area contributed by atoms with E-state index >= 15 is 0 Å². The number of likely N-dealkylation sites (tertiary alicyclic amines) is 1. The fourth-order valence-electron chi connectivity index (χ4n) is 4.91. The predicted octanol–water partition coefficient (Wildman–Crippen LogP) is 3.79. The largest absolute Gasteiger partial charge is 0.480 e. The number of benzene rings is 2. The highest BCUT2D eigenvalue weighted by Crippen LogP contribution is 2.44. The van der Waals surface area contributed by atoms with Crippen LogP contribution in [0.3, 0.4) is 0 Å². The number of hydrogen-bond acceptors (Lipinski definition) is 5. The average Bonchev–Trinajstić information content (AvgIpc) is 3.19. The zero-order valence-corrected chi connectivity index (χ0v) is 19.9. The van der Waals surface area contributed by atoms with Gasteiger partial charge in [0.15, 0.2) is 0 Å². The molecule has 0 spiro atoms. The molecule has 2 amide bonds. The third-order valence-electron chi connectivity index (χ3n) is 6.82. The predicted molar refractivity (Wildman–Crippen MR) is 130 cm³/mol. The molecule has 8 heteroatoms. The van der Waals surface area contributed by atoms with E-state index in [-0.39, 0.29) is 43.6 Å². The van der Waals surface area contributed by atoms with Crippen LogP contribution in [-0.4, -0.2) is 66.4 Å². The van der Waals surface area contributed by atoms with Gasteiger partial charge in [0, 0.05) is 31.5 Å². The van der Waals surface area contributed by atoms with Crippen LogP contribution >= 0.6 is 0 Å². The fourth-order valence-corrected chi connectivity index (χ4v) is 4.91. The number of fused-ring (bicyclic) bond motifs is 3. The number of rotatable bonds is 9. The molecule has 2 N–H and O–H groups in total. The normalized spacial score (nSPS) is 16.3. The van der Waals surface area contributed by atoms with Gasteiger partial charge in [-0.05, 0) is 41.5 Å². The van der Waals surface area contributed by atoms with Crippen LogP contribution in [0, 0.1) is 0 Å². The Balaban J connectivity index is 1.26. The molecule has 1 fully saturated rings. The van der Waals surface area contributed by atoms with Crippen LogP contribution in [0.5, 0.6) is 0 Å².